The van der Waals surface area contributed by atoms with Crippen LogP contribution in [0.3, 0.4) is 0 Å². The van der Waals surface area contributed by atoms with Crippen molar-refractivity contribution in [2.45, 2.75) is 6.10 Å². The van der Waals surface area contributed by atoms with Gasteiger partial charge in [-0.05, 0) is 35.4 Å². The van der Waals surface area contributed by atoms with E-state index >= 15 is 0 Å². The van der Waals surface area contributed by atoms with E-state index in [-0.39, 0.29) is 0 Å². The highest BCUT2D eigenvalue weighted by atomic mass is 35.5. The van der Waals surface area contributed by atoms with Crippen molar-refractivity contribution in [2.75, 3.05) is 0 Å². The van der Waals surface area contributed by atoms with E-state index in [0.717, 1.165) is 11.1 Å². The van der Waals surface area contributed by atoms with E-state index in [4.69, 9.17) is 16.9 Å². The number of hydrogen-bond donors (Lipinski definition) is 1. The van der Waals surface area contributed by atoms with Gasteiger partial charge < -0.3 is 5.11 Å². The van der Waals surface area contributed by atoms with Crippen LogP contribution >= 0.6 is 11.6 Å². The summed E-state index contributed by atoms with van der Waals surface area (Å²) in [5.41, 5.74) is 2.06. The predicted molar refractivity (Wildman–Crippen MR) is 66.7 cm³/mol. The molecule has 3 heteroatoms. The van der Waals surface area contributed by atoms with Crippen molar-refractivity contribution in [1.29, 1.82) is 5.26 Å². The second kappa shape index (κ2) is 5.01. The van der Waals surface area contributed by atoms with Gasteiger partial charge in [0.05, 0.1) is 11.6 Å². The van der Waals surface area contributed by atoms with Crippen molar-refractivity contribution in [3.05, 3.63) is 70.2 Å². The summed E-state index contributed by atoms with van der Waals surface area (Å²) < 4.78 is 0. The number of nitriles is 1. The SMILES string of the molecule is N#Cc1ccc(C(O)c2cccc(Cl)c2)cc1. The minimum atomic E-state index is -0.721. The van der Waals surface area contributed by atoms with E-state index in [0.29, 0.717) is 10.6 Å². The average molecular weight is 244 g/mol. The molecule has 2 nitrogen and oxygen atoms in total. The molecule has 17 heavy (non-hydrogen) atoms. The average Bonchev–Trinajstić information content (AvgIpc) is 2.38. The molecule has 1 unspecified atom stereocenters. The first-order chi connectivity index (χ1) is 8.20. The van der Waals surface area contributed by atoms with Crippen LogP contribution in [0.25, 0.3) is 0 Å². The van der Waals surface area contributed by atoms with Gasteiger partial charge in [0.2, 0.25) is 0 Å². The van der Waals surface area contributed by atoms with Gasteiger partial charge >= 0.3 is 0 Å². The van der Waals surface area contributed by atoms with Gasteiger partial charge in [-0.15, -0.1) is 0 Å². The minimum absolute atomic E-state index is 0.576. The van der Waals surface area contributed by atoms with Crippen LogP contribution in [0.4, 0.5) is 0 Å². The van der Waals surface area contributed by atoms with Crippen LogP contribution in [-0.4, -0.2) is 5.11 Å². The molecule has 0 spiro atoms. The highest BCUT2D eigenvalue weighted by Gasteiger charge is 2.10. The smallest absolute Gasteiger partial charge is 0.104 e. The molecule has 2 aromatic rings. The molecular weight excluding hydrogens is 234 g/mol. The predicted octanol–water partition coefficient (Wildman–Crippen LogP) is 3.29. The Labute approximate surface area is 105 Å². The lowest BCUT2D eigenvalue weighted by molar-refractivity contribution is 0.220. The van der Waals surface area contributed by atoms with Crippen LogP contribution in [0, 0.1) is 11.3 Å². The molecule has 1 N–H and O–H groups in total. The summed E-state index contributed by atoms with van der Waals surface area (Å²) in [7, 11) is 0. The lowest BCUT2D eigenvalue weighted by Crippen LogP contribution is -1.99. The molecule has 1 atom stereocenters. The van der Waals surface area contributed by atoms with E-state index in [1.54, 1.807) is 42.5 Å². The summed E-state index contributed by atoms with van der Waals surface area (Å²) >= 11 is 5.87. The molecule has 0 saturated carbocycles. The summed E-state index contributed by atoms with van der Waals surface area (Å²) in [5.74, 6) is 0. The Balaban J connectivity index is 2.30. The molecular formula is C14H10ClNO. The fourth-order valence-corrected chi connectivity index (χ4v) is 1.81. The molecule has 0 amide bonds. The summed E-state index contributed by atoms with van der Waals surface area (Å²) in [6.45, 7) is 0. The molecule has 0 aromatic heterocycles. The Kier molecular flexibility index (Phi) is 3.43. The first-order valence-electron chi connectivity index (χ1n) is 5.14. The summed E-state index contributed by atoms with van der Waals surface area (Å²) in [6, 6.07) is 16.0. The van der Waals surface area contributed by atoms with Crippen molar-refractivity contribution in [1.82, 2.24) is 0 Å². The standard InChI is InChI=1S/C14H10ClNO/c15-13-3-1-2-12(8-13)14(17)11-6-4-10(9-16)5-7-11/h1-8,14,17H. The maximum atomic E-state index is 10.1. The van der Waals surface area contributed by atoms with Crippen molar-refractivity contribution < 1.29 is 5.11 Å². The van der Waals surface area contributed by atoms with Gasteiger partial charge in [0.15, 0.2) is 0 Å². The fourth-order valence-electron chi connectivity index (χ4n) is 1.61. The lowest BCUT2D eigenvalue weighted by atomic mass is 10.0. The maximum absolute atomic E-state index is 10.1. The number of nitrogens with zero attached hydrogens (tertiary/aromatic N) is 1. The highest BCUT2D eigenvalue weighted by Crippen LogP contribution is 2.24. The molecule has 0 aliphatic heterocycles. The van der Waals surface area contributed by atoms with Crippen molar-refractivity contribution in [3.8, 4) is 6.07 Å². The van der Waals surface area contributed by atoms with Crippen LogP contribution in [-0.2, 0) is 0 Å². The van der Waals surface area contributed by atoms with Gasteiger partial charge in [0, 0.05) is 5.02 Å². The summed E-state index contributed by atoms with van der Waals surface area (Å²) in [6.07, 6.45) is -0.721. The molecule has 0 aliphatic rings. The minimum Gasteiger partial charge on any atom is -0.384 e. The Hall–Kier alpha value is -1.82. The molecule has 0 fully saturated rings. The Morgan fingerprint density at radius 3 is 2.35 bits per heavy atom. The van der Waals surface area contributed by atoms with Crippen molar-refractivity contribution in [2.24, 2.45) is 0 Å². The third kappa shape index (κ3) is 2.65. The normalized spacial score (nSPS) is 11.8. The first-order valence-corrected chi connectivity index (χ1v) is 5.52. The van der Waals surface area contributed by atoms with E-state index < -0.39 is 6.10 Å². The molecule has 2 rings (SSSR count). The molecule has 0 radical (unpaired) electrons. The Morgan fingerprint density at radius 1 is 1.06 bits per heavy atom. The zero-order chi connectivity index (χ0) is 12.3. The van der Waals surface area contributed by atoms with Crippen LogP contribution in [0.1, 0.15) is 22.8 Å². The van der Waals surface area contributed by atoms with Crippen LogP contribution in [0.5, 0.6) is 0 Å². The van der Waals surface area contributed by atoms with Gasteiger partial charge in [0.25, 0.3) is 0 Å². The quantitative estimate of drug-likeness (QED) is 0.880. The molecule has 0 saturated heterocycles. The van der Waals surface area contributed by atoms with Gasteiger partial charge in [0.1, 0.15) is 6.10 Å². The van der Waals surface area contributed by atoms with Crippen LogP contribution < -0.4 is 0 Å². The van der Waals surface area contributed by atoms with E-state index in [9.17, 15) is 5.11 Å². The molecule has 0 bridgehead atoms. The van der Waals surface area contributed by atoms with Gasteiger partial charge in [-0.2, -0.15) is 5.26 Å². The van der Waals surface area contributed by atoms with Gasteiger partial charge in [-0.1, -0.05) is 35.9 Å². The molecule has 0 heterocycles. The number of aliphatic hydroxyl groups is 1. The van der Waals surface area contributed by atoms with Crippen LogP contribution in [0.2, 0.25) is 5.02 Å². The van der Waals surface area contributed by atoms with Gasteiger partial charge in [-0.25, -0.2) is 0 Å². The topological polar surface area (TPSA) is 44.0 Å². The second-order valence-corrected chi connectivity index (χ2v) is 4.13. The monoisotopic (exact) mass is 243 g/mol. The number of halogens is 1. The number of rotatable bonds is 2. The van der Waals surface area contributed by atoms with Gasteiger partial charge in [-0.3, -0.25) is 0 Å². The third-order valence-electron chi connectivity index (χ3n) is 2.52. The number of aliphatic hydroxyl groups excluding tert-OH is 1. The summed E-state index contributed by atoms with van der Waals surface area (Å²) in [5, 5.41) is 19.4. The van der Waals surface area contributed by atoms with Crippen LogP contribution in [0.15, 0.2) is 48.5 Å². The summed E-state index contributed by atoms with van der Waals surface area (Å²) in [4.78, 5) is 0. The largest absolute Gasteiger partial charge is 0.384 e. The fraction of sp³-hybridized carbons (Fsp3) is 0.0714. The lowest BCUT2D eigenvalue weighted by Gasteiger charge is -2.11. The highest BCUT2D eigenvalue weighted by molar-refractivity contribution is 6.30. The second-order valence-electron chi connectivity index (χ2n) is 3.69. The Morgan fingerprint density at radius 2 is 1.76 bits per heavy atom. The van der Waals surface area contributed by atoms with Crippen molar-refractivity contribution >= 4 is 11.6 Å². The first kappa shape index (κ1) is 11.7. The zero-order valence-corrected chi connectivity index (χ0v) is 9.72. The number of hydrogen-bond acceptors (Lipinski definition) is 2. The van der Waals surface area contributed by atoms with E-state index in [2.05, 4.69) is 0 Å². The Bertz CT molecular complexity index is 557. The maximum Gasteiger partial charge on any atom is 0.104 e. The van der Waals surface area contributed by atoms with E-state index in [1.165, 1.54) is 0 Å². The molecule has 0 aliphatic carbocycles. The van der Waals surface area contributed by atoms with E-state index in [1.807, 2.05) is 12.1 Å². The molecule has 2 aromatic carbocycles. The third-order valence-corrected chi connectivity index (χ3v) is 2.76. The number of benzene rings is 2. The van der Waals surface area contributed by atoms with Crippen molar-refractivity contribution in [3.63, 3.8) is 0 Å². The molecule has 84 valence electrons. The zero-order valence-electron chi connectivity index (χ0n) is 8.97.